The summed E-state index contributed by atoms with van der Waals surface area (Å²) in [5, 5.41) is 0. The molecular formula is C50H42N2. The standard InChI is InChI=1S/C50H42N2/c1-3-16-43(51(2)48-28-10-7-25-45(48)39-19-5-4-6-20-39)24-14-18-37-17-13-21-40(35-37)42-23-15-22-41(36-42)38-31-33-44(34-32-38)52-49-29-11-8-26-46(49)47-27-9-12-30-50(47)52/h3-17,19-36,46,49H,1,18H2,2H3/b24-14-,43-16+. The van der Waals surface area contributed by atoms with Gasteiger partial charge in [0, 0.05) is 41.3 Å². The van der Waals surface area contributed by atoms with Crippen molar-refractivity contribution < 1.29 is 0 Å². The van der Waals surface area contributed by atoms with Gasteiger partial charge in [-0.2, -0.15) is 0 Å². The zero-order valence-electron chi connectivity index (χ0n) is 29.5. The predicted octanol–water partition coefficient (Wildman–Crippen LogP) is 12.7. The lowest BCUT2D eigenvalue weighted by atomic mass is 9.91. The molecule has 2 heteroatoms. The van der Waals surface area contributed by atoms with Crippen LogP contribution in [0.3, 0.4) is 0 Å². The number of anilines is 3. The van der Waals surface area contributed by atoms with Crippen molar-refractivity contribution in [3.8, 4) is 33.4 Å². The molecule has 6 aromatic rings. The van der Waals surface area contributed by atoms with Gasteiger partial charge in [0.05, 0.1) is 6.04 Å². The van der Waals surface area contributed by atoms with Gasteiger partial charge in [-0.25, -0.2) is 0 Å². The third-order valence-corrected chi connectivity index (χ3v) is 10.2. The quantitative estimate of drug-likeness (QED) is 0.134. The molecule has 0 amide bonds. The van der Waals surface area contributed by atoms with Crippen molar-refractivity contribution in [3.05, 3.63) is 224 Å². The number of allylic oxidation sites excluding steroid dienone is 6. The molecule has 0 saturated carbocycles. The van der Waals surface area contributed by atoms with Crippen LogP contribution in [0, 0.1) is 0 Å². The van der Waals surface area contributed by atoms with Crippen molar-refractivity contribution in [1.29, 1.82) is 0 Å². The van der Waals surface area contributed by atoms with Crippen LogP contribution in [0.25, 0.3) is 33.4 Å². The van der Waals surface area contributed by atoms with Crippen LogP contribution < -0.4 is 9.80 Å². The lowest BCUT2D eigenvalue weighted by Gasteiger charge is -2.28. The van der Waals surface area contributed by atoms with Crippen LogP contribution in [0.5, 0.6) is 0 Å². The Kier molecular flexibility index (Phi) is 9.37. The van der Waals surface area contributed by atoms with E-state index in [4.69, 9.17) is 0 Å². The smallest absolute Gasteiger partial charge is 0.0629 e. The largest absolute Gasteiger partial charge is 0.344 e. The van der Waals surface area contributed by atoms with E-state index in [2.05, 4.69) is 218 Å². The van der Waals surface area contributed by atoms with Crippen LogP contribution >= 0.6 is 0 Å². The highest BCUT2D eigenvalue weighted by atomic mass is 15.2. The minimum absolute atomic E-state index is 0.306. The van der Waals surface area contributed by atoms with E-state index in [-0.39, 0.29) is 0 Å². The topological polar surface area (TPSA) is 6.48 Å². The van der Waals surface area contributed by atoms with Gasteiger partial charge in [-0.05, 0) is 87.8 Å². The molecule has 2 aliphatic rings. The van der Waals surface area contributed by atoms with Gasteiger partial charge in [-0.15, -0.1) is 0 Å². The minimum atomic E-state index is 0.306. The Hall–Kier alpha value is -6.38. The van der Waals surface area contributed by atoms with Gasteiger partial charge in [-0.1, -0.05) is 164 Å². The summed E-state index contributed by atoms with van der Waals surface area (Å²) in [5.74, 6) is 0.387. The summed E-state index contributed by atoms with van der Waals surface area (Å²) in [6.45, 7) is 4.00. The van der Waals surface area contributed by atoms with E-state index in [1.54, 1.807) is 0 Å². The van der Waals surface area contributed by atoms with E-state index >= 15 is 0 Å². The van der Waals surface area contributed by atoms with Gasteiger partial charge in [0.15, 0.2) is 0 Å². The second kappa shape index (κ2) is 14.8. The Morgan fingerprint density at radius 2 is 1.33 bits per heavy atom. The van der Waals surface area contributed by atoms with Crippen molar-refractivity contribution in [1.82, 2.24) is 0 Å². The lowest BCUT2D eigenvalue weighted by molar-refractivity contribution is 0.745. The van der Waals surface area contributed by atoms with Gasteiger partial charge >= 0.3 is 0 Å². The number of rotatable bonds is 10. The molecule has 2 unspecified atom stereocenters. The van der Waals surface area contributed by atoms with Crippen molar-refractivity contribution in [2.45, 2.75) is 18.4 Å². The van der Waals surface area contributed by atoms with Gasteiger partial charge < -0.3 is 9.80 Å². The zero-order valence-corrected chi connectivity index (χ0v) is 29.5. The van der Waals surface area contributed by atoms with Crippen molar-refractivity contribution in [2.24, 2.45) is 0 Å². The molecule has 8 rings (SSSR count). The van der Waals surface area contributed by atoms with E-state index in [1.807, 2.05) is 6.08 Å². The molecule has 0 fully saturated rings. The summed E-state index contributed by atoms with van der Waals surface area (Å²) in [6, 6.07) is 55.1. The first kappa shape index (κ1) is 32.8. The van der Waals surface area contributed by atoms with Crippen LogP contribution in [0.1, 0.15) is 17.0 Å². The number of benzene rings is 6. The van der Waals surface area contributed by atoms with Gasteiger partial charge in [0.1, 0.15) is 0 Å². The van der Waals surface area contributed by atoms with Crippen molar-refractivity contribution in [3.63, 3.8) is 0 Å². The summed E-state index contributed by atoms with van der Waals surface area (Å²) in [4.78, 5) is 4.72. The molecule has 0 bridgehead atoms. The third-order valence-electron chi connectivity index (χ3n) is 10.2. The maximum atomic E-state index is 4.00. The molecule has 1 aliphatic heterocycles. The molecule has 1 aliphatic carbocycles. The second-order valence-corrected chi connectivity index (χ2v) is 13.4. The van der Waals surface area contributed by atoms with Crippen LogP contribution in [-0.4, -0.2) is 13.1 Å². The van der Waals surface area contributed by atoms with Crippen molar-refractivity contribution >= 4 is 17.1 Å². The monoisotopic (exact) mass is 670 g/mol. The van der Waals surface area contributed by atoms with Gasteiger partial charge in [0.25, 0.3) is 0 Å². The SMILES string of the molecule is C=C/C=C(\C=C/Cc1cccc(-c2cccc(-c3ccc(N4c5ccccc5C5C=CC=CC54)cc3)c2)c1)N(C)c1ccccc1-c1ccccc1. The molecule has 52 heavy (non-hydrogen) atoms. The molecule has 0 radical (unpaired) electrons. The van der Waals surface area contributed by atoms with Crippen LogP contribution in [0.2, 0.25) is 0 Å². The maximum Gasteiger partial charge on any atom is 0.0629 e. The number of nitrogens with zero attached hydrogens (tertiary/aromatic N) is 2. The Morgan fingerprint density at radius 3 is 2.15 bits per heavy atom. The average Bonchev–Trinajstić information content (AvgIpc) is 3.55. The Labute approximate surface area is 308 Å². The van der Waals surface area contributed by atoms with E-state index in [9.17, 15) is 0 Å². The second-order valence-electron chi connectivity index (χ2n) is 13.4. The first-order valence-corrected chi connectivity index (χ1v) is 18.1. The van der Waals surface area contributed by atoms with Gasteiger partial charge in [0.2, 0.25) is 0 Å². The minimum Gasteiger partial charge on any atom is -0.344 e. The van der Waals surface area contributed by atoms with E-state index in [0.717, 1.165) is 17.8 Å². The number of fused-ring (bicyclic) bond motifs is 3. The first-order valence-electron chi connectivity index (χ1n) is 18.1. The number of hydrogen-bond donors (Lipinski definition) is 0. The summed E-state index contributed by atoms with van der Waals surface area (Å²) < 4.78 is 0. The Morgan fingerprint density at radius 1 is 0.654 bits per heavy atom. The molecule has 252 valence electrons. The summed E-state index contributed by atoms with van der Waals surface area (Å²) in [6.07, 6.45) is 18.2. The Bertz CT molecular complexity index is 2320. The third kappa shape index (κ3) is 6.59. The van der Waals surface area contributed by atoms with Crippen LogP contribution in [-0.2, 0) is 6.42 Å². The van der Waals surface area contributed by atoms with E-state index in [1.165, 1.54) is 55.9 Å². The molecular weight excluding hydrogens is 629 g/mol. The average molecular weight is 671 g/mol. The predicted molar refractivity (Wildman–Crippen MR) is 222 cm³/mol. The maximum absolute atomic E-state index is 4.00. The molecule has 0 saturated heterocycles. The fraction of sp³-hybridized carbons (Fsp3) is 0.0800. The number of likely N-dealkylation sites (N-methyl/N-ethyl adjacent to an activating group) is 1. The van der Waals surface area contributed by atoms with Crippen molar-refractivity contribution in [2.75, 3.05) is 16.8 Å². The number of para-hydroxylation sites is 2. The highest BCUT2D eigenvalue weighted by Crippen LogP contribution is 2.47. The summed E-state index contributed by atoms with van der Waals surface area (Å²) >= 11 is 0. The van der Waals surface area contributed by atoms with E-state index < -0.39 is 0 Å². The fourth-order valence-corrected chi connectivity index (χ4v) is 7.64. The highest BCUT2D eigenvalue weighted by molar-refractivity contribution is 5.81. The summed E-state index contributed by atoms with van der Waals surface area (Å²) in [7, 11) is 2.12. The van der Waals surface area contributed by atoms with Crippen LogP contribution in [0.15, 0.2) is 213 Å². The summed E-state index contributed by atoms with van der Waals surface area (Å²) in [5.41, 5.74) is 14.7. The number of hydrogen-bond acceptors (Lipinski definition) is 2. The first-order chi connectivity index (χ1) is 25.7. The van der Waals surface area contributed by atoms with E-state index in [0.29, 0.717) is 12.0 Å². The molecule has 2 nitrogen and oxygen atoms in total. The normalized spacial score (nSPS) is 16.2. The molecule has 2 atom stereocenters. The Balaban J connectivity index is 0.988. The zero-order chi connectivity index (χ0) is 35.3. The molecule has 0 spiro atoms. The molecule has 6 aromatic carbocycles. The molecule has 0 aromatic heterocycles. The molecule has 0 N–H and O–H groups in total. The van der Waals surface area contributed by atoms with Crippen LogP contribution in [0.4, 0.5) is 17.1 Å². The highest BCUT2D eigenvalue weighted by Gasteiger charge is 2.36. The fourth-order valence-electron chi connectivity index (χ4n) is 7.64. The molecule has 1 heterocycles. The van der Waals surface area contributed by atoms with Gasteiger partial charge in [-0.3, -0.25) is 0 Å². The lowest BCUT2D eigenvalue weighted by Crippen LogP contribution is -2.28.